The van der Waals surface area contributed by atoms with E-state index in [1.807, 2.05) is 0 Å². The van der Waals surface area contributed by atoms with Crippen molar-refractivity contribution in [2.45, 2.75) is 6.42 Å². The van der Waals surface area contributed by atoms with Crippen molar-refractivity contribution in [2.24, 2.45) is 0 Å². The molecule has 0 aromatic carbocycles. The van der Waals surface area contributed by atoms with Crippen LogP contribution >= 0.6 is 0 Å². The Morgan fingerprint density at radius 2 is 2.10 bits per heavy atom. The van der Waals surface area contributed by atoms with Crippen molar-refractivity contribution in [1.29, 1.82) is 0 Å². The molecular weight excluding hydrogens is 158 g/mol. The van der Waals surface area contributed by atoms with Crippen molar-refractivity contribution >= 4 is 16.5 Å². The van der Waals surface area contributed by atoms with Crippen molar-refractivity contribution in [3.8, 4) is 0 Å². The van der Waals surface area contributed by atoms with Crippen molar-refractivity contribution < 1.29 is 17.8 Å². The number of hydrogen-bond acceptors (Lipinski definition) is 3. The van der Waals surface area contributed by atoms with Gasteiger partial charge in [-0.3, -0.25) is 9.35 Å². The zero-order valence-electron chi connectivity index (χ0n) is 5.20. The van der Waals surface area contributed by atoms with Gasteiger partial charge in [-0.05, 0) is 6.42 Å². The zero-order valence-corrected chi connectivity index (χ0v) is 6.02. The first kappa shape index (κ1) is 9.38. The molecule has 1 radical (unpaired) electrons. The van der Waals surface area contributed by atoms with Crippen LogP contribution in [0.3, 0.4) is 0 Å². The van der Waals surface area contributed by atoms with Crippen molar-refractivity contribution in [3.05, 3.63) is 0 Å². The lowest BCUT2D eigenvalue weighted by molar-refractivity contribution is 0.480. The average Bonchev–Trinajstić information content (AvgIpc) is 1.78. The van der Waals surface area contributed by atoms with Crippen LogP contribution in [0.2, 0.25) is 0 Å². The maximum Gasteiger partial charge on any atom is 0.309 e. The summed E-state index contributed by atoms with van der Waals surface area (Å²) >= 11 is 0. The standard InChI is InChI=1S/C4H8NO4S/c6-4-5-2-1-3-10(7,8)9/h1-3H2,(H,5,6)(H,7,8,9). The lowest BCUT2D eigenvalue weighted by Gasteiger charge is -1.94. The predicted octanol–water partition coefficient (Wildman–Crippen LogP) is -1.08. The fourth-order valence-corrected chi connectivity index (χ4v) is 0.903. The molecule has 0 saturated heterocycles. The topological polar surface area (TPSA) is 83.5 Å². The SMILES string of the molecule is O=[C]NCCCS(=O)(=O)O. The van der Waals surface area contributed by atoms with Crippen molar-refractivity contribution in [2.75, 3.05) is 12.3 Å². The van der Waals surface area contributed by atoms with Crippen molar-refractivity contribution in [1.82, 2.24) is 5.32 Å². The van der Waals surface area contributed by atoms with Gasteiger partial charge in [0, 0.05) is 6.54 Å². The van der Waals surface area contributed by atoms with E-state index >= 15 is 0 Å². The van der Waals surface area contributed by atoms with Gasteiger partial charge in [-0.1, -0.05) is 0 Å². The van der Waals surface area contributed by atoms with Crippen LogP contribution in [-0.2, 0) is 14.9 Å². The molecule has 59 valence electrons. The molecule has 0 aliphatic rings. The van der Waals surface area contributed by atoms with E-state index in [9.17, 15) is 13.2 Å². The Morgan fingerprint density at radius 1 is 1.50 bits per heavy atom. The molecule has 0 aromatic rings. The second-order valence-electron chi connectivity index (χ2n) is 1.67. The third-order valence-corrected chi connectivity index (χ3v) is 1.58. The molecular formula is C4H8NO4S. The Labute approximate surface area is 59.2 Å². The molecule has 0 rings (SSSR count). The second-order valence-corrected chi connectivity index (χ2v) is 3.24. The Kier molecular flexibility index (Phi) is 3.97. The quantitative estimate of drug-likeness (QED) is 0.309. The van der Waals surface area contributed by atoms with Gasteiger partial charge in [-0.25, -0.2) is 0 Å². The summed E-state index contributed by atoms with van der Waals surface area (Å²) in [6.07, 6.45) is 1.58. The van der Waals surface area contributed by atoms with Crippen LogP contribution in [0.15, 0.2) is 0 Å². The summed E-state index contributed by atoms with van der Waals surface area (Å²) in [6.45, 7) is 0.212. The van der Waals surface area contributed by atoms with Gasteiger partial charge in [0.25, 0.3) is 10.1 Å². The van der Waals surface area contributed by atoms with Gasteiger partial charge in [0.1, 0.15) is 0 Å². The van der Waals surface area contributed by atoms with Crippen LogP contribution in [0.1, 0.15) is 6.42 Å². The number of carbonyl (C=O) groups excluding carboxylic acids is 1. The molecule has 0 fully saturated rings. The van der Waals surface area contributed by atoms with Gasteiger partial charge < -0.3 is 5.32 Å². The first-order valence-corrected chi connectivity index (χ1v) is 4.22. The largest absolute Gasteiger partial charge is 0.348 e. The summed E-state index contributed by atoms with van der Waals surface area (Å²) in [5, 5.41) is 2.14. The molecule has 6 heteroatoms. The van der Waals surface area contributed by atoms with Gasteiger partial charge in [0.2, 0.25) is 0 Å². The summed E-state index contributed by atoms with van der Waals surface area (Å²) in [5.74, 6) is -0.332. The highest BCUT2D eigenvalue weighted by molar-refractivity contribution is 7.85. The van der Waals surface area contributed by atoms with Gasteiger partial charge in [0.15, 0.2) is 0 Å². The molecule has 5 nitrogen and oxygen atoms in total. The third-order valence-electron chi connectivity index (χ3n) is 0.776. The summed E-state index contributed by atoms with van der Waals surface area (Å²) < 4.78 is 28.2. The maximum absolute atomic E-state index is 10.0. The molecule has 1 amide bonds. The van der Waals surface area contributed by atoms with E-state index in [0.717, 1.165) is 0 Å². The highest BCUT2D eigenvalue weighted by Crippen LogP contribution is 1.85. The van der Waals surface area contributed by atoms with Crippen LogP contribution in [0, 0.1) is 0 Å². The van der Waals surface area contributed by atoms with Gasteiger partial charge in [-0.15, -0.1) is 0 Å². The first-order chi connectivity index (χ1) is 4.56. The smallest absolute Gasteiger partial charge is 0.309 e. The molecule has 0 saturated carbocycles. The lowest BCUT2D eigenvalue weighted by Crippen LogP contribution is -2.16. The van der Waals surface area contributed by atoms with E-state index in [4.69, 9.17) is 4.55 Å². The minimum absolute atomic E-state index is 0.202. The molecule has 10 heavy (non-hydrogen) atoms. The Morgan fingerprint density at radius 3 is 2.50 bits per heavy atom. The van der Waals surface area contributed by atoms with Crippen LogP contribution in [0.4, 0.5) is 0 Å². The van der Waals surface area contributed by atoms with Crippen LogP contribution < -0.4 is 5.32 Å². The molecule has 0 aromatic heterocycles. The van der Waals surface area contributed by atoms with E-state index in [0.29, 0.717) is 0 Å². The minimum atomic E-state index is -3.87. The Balaban J connectivity index is 3.29. The number of hydrogen-bond donors (Lipinski definition) is 2. The molecule has 0 heterocycles. The highest BCUT2D eigenvalue weighted by atomic mass is 32.2. The third kappa shape index (κ3) is 7.38. The fourth-order valence-electron chi connectivity index (χ4n) is 0.394. The minimum Gasteiger partial charge on any atom is -0.348 e. The summed E-state index contributed by atoms with van der Waals surface area (Å²) in [4.78, 5) is 9.48. The lowest BCUT2D eigenvalue weighted by atomic mass is 10.5. The summed E-state index contributed by atoms with van der Waals surface area (Å²) in [6, 6.07) is 0. The van der Waals surface area contributed by atoms with E-state index < -0.39 is 10.1 Å². The second kappa shape index (κ2) is 4.24. The first-order valence-electron chi connectivity index (χ1n) is 2.61. The number of rotatable bonds is 5. The number of nitrogens with one attached hydrogen (secondary N) is 1. The molecule has 0 aliphatic carbocycles. The molecule has 2 N–H and O–H groups in total. The molecule has 0 spiro atoms. The predicted molar refractivity (Wildman–Crippen MR) is 34.7 cm³/mol. The normalized spacial score (nSPS) is 10.9. The Bertz CT molecular complexity index is 185. The van der Waals surface area contributed by atoms with Gasteiger partial charge >= 0.3 is 6.41 Å². The molecule has 0 unspecified atom stereocenters. The maximum atomic E-state index is 10.0. The molecule has 0 aliphatic heterocycles. The van der Waals surface area contributed by atoms with E-state index in [1.165, 1.54) is 6.41 Å². The monoisotopic (exact) mass is 166 g/mol. The Hall–Kier alpha value is -0.620. The van der Waals surface area contributed by atoms with Crippen LogP contribution in [0.25, 0.3) is 0 Å². The summed E-state index contributed by atoms with van der Waals surface area (Å²) in [7, 11) is -3.87. The number of amides is 1. The van der Waals surface area contributed by atoms with Crippen LogP contribution in [-0.4, -0.2) is 31.7 Å². The summed E-state index contributed by atoms with van der Waals surface area (Å²) in [5.41, 5.74) is 0. The molecule has 0 bridgehead atoms. The van der Waals surface area contributed by atoms with E-state index in [2.05, 4.69) is 5.32 Å². The highest BCUT2D eigenvalue weighted by Gasteiger charge is 2.01. The van der Waals surface area contributed by atoms with E-state index in [-0.39, 0.29) is 18.7 Å². The van der Waals surface area contributed by atoms with Crippen molar-refractivity contribution in [3.63, 3.8) is 0 Å². The van der Waals surface area contributed by atoms with Gasteiger partial charge in [0.05, 0.1) is 5.75 Å². The zero-order chi connectivity index (χ0) is 8.04. The average molecular weight is 166 g/mol. The fraction of sp³-hybridized carbons (Fsp3) is 0.750. The van der Waals surface area contributed by atoms with Crippen LogP contribution in [0.5, 0.6) is 0 Å². The van der Waals surface area contributed by atoms with E-state index in [1.54, 1.807) is 0 Å². The van der Waals surface area contributed by atoms with Gasteiger partial charge in [-0.2, -0.15) is 8.42 Å². The molecule has 0 atom stereocenters.